The molecule has 0 aliphatic carbocycles. The first-order valence-electron chi connectivity index (χ1n) is 9.11. The van der Waals surface area contributed by atoms with Crippen molar-refractivity contribution in [2.75, 3.05) is 37.4 Å². The maximum atomic E-state index is 12.9. The fourth-order valence-electron chi connectivity index (χ4n) is 2.91. The van der Waals surface area contributed by atoms with E-state index in [-0.39, 0.29) is 48.5 Å². The predicted octanol–water partition coefficient (Wildman–Crippen LogP) is 4.38. The number of likely N-dealkylation sites (tertiary alicyclic amines) is 1. The van der Waals surface area contributed by atoms with Gasteiger partial charge in [0.1, 0.15) is 0 Å². The van der Waals surface area contributed by atoms with Crippen LogP contribution in [0.15, 0.2) is 24.3 Å². The Kier molecular flexibility index (Phi) is 9.86. The Morgan fingerprint density at radius 1 is 1.10 bits per heavy atom. The molecule has 7 nitrogen and oxygen atoms in total. The van der Waals surface area contributed by atoms with E-state index in [1.54, 1.807) is 6.92 Å². The van der Waals surface area contributed by atoms with Gasteiger partial charge in [-0.2, -0.15) is 28.1 Å². The van der Waals surface area contributed by atoms with Crippen molar-refractivity contribution in [2.24, 2.45) is 0 Å². The first-order chi connectivity index (χ1) is 13.3. The largest absolute Gasteiger partial charge is 0.464 e. The maximum absolute atomic E-state index is 12.9. The van der Waals surface area contributed by atoms with E-state index in [0.717, 1.165) is 38.1 Å². The molecule has 2 heterocycles. The summed E-state index contributed by atoms with van der Waals surface area (Å²) in [5, 5.41) is 6.08. The molecule has 3 rings (SSSR count). The van der Waals surface area contributed by atoms with Crippen molar-refractivity contribution < 1.29 is 17.9 Å². The highest BCUT2D eigenvalue weighted by Crippen LogP contribution is 2.31. The van der Waals surface area contributed by atoms with E-state index in [1.165, 1.54) is 12.1 Å². The molecule has 30 heavy (non-hydrogen) atoms. The van der Waals surface area contributed by atoms with Crippen molar-refractivity contribution in [1.29, 1.82) is 0 Å². The molecule has 12 heteroatoms. The van der Waals surface area contributed by atoms with Gasteiger partial charge in [-0.15, -0.1) is 24.8 Å². The van der Waals surface area contributed by atoms with Gasteiger partial charge in [-0.1, -0.05) is 6.07 Å². The lowest BCUT2D eigenvalue weighted by molar-refractivity contribution is -0.137. The monoisotopic (exact) mass is 468 g/mol. The fraction of sp³-hybridized carbons (Fsp3) is 0.500. The van der Waals surface area contributed by atoms with E-state index in [9.17, 15) is 13.2 Å². The summed E-state index contributed by atoms with van der Waals surface area (Å²) < 4.78 is 44.1. The Hall–Kier alpha value is -2.04. The molecule has 0 atom stereocenters. The number of piperidine rings is 1. The number of nitrogens with zero attached hydrogens (tertiary/aromatic N) is 4. The minimum Gasteiger partial charge on any atom is -0.464 e. The van der Waals surface area contributed by atoms with Crippen LogP contribution in [-0.2, 0) is 6.18 Å². The van der Waals surface area contributed by atoms with E-state index >= 15 is 0 Å². The lowest BCUT2D eigenvalue weighted by Gasteiger charge is -2.29. The highest BCUT2D eigenvalue weighted by molar-refractivity contribution is 5.85. The van der Waals surface area contributed by atoms with E-state index in [4.69, 9.17) is 4.74 Å². The number of aromatic nitrogens is 3. The Bertz CT molecular complexity index is 804. The third-order valence-corrected chi connectivity index (χ3v) is 4.39. The first kappa shape index (κ1) is 26.0. The van der Waals surface area contributed by atoms with Crippen molar-refractivity contribution in [2.45, 2.75) is 32.0 Å². The van der Waals surface area contributed by atoms with Gasteiger partial charge in [0.15, 0.2) is 0 Å². The Labute approximate surface area is 185 Å². The van der Waals surface area contributed by atoms with Crippen LogP contribution in [0.25, 0.3) is 0 Å². The number of anilines is 3. The van der Waals surface area contributed by atoms with Gasteiger partial charge in [0.05, 0.1) is 12.2 Å². The van der Waals surface area contributed by atoms with Crippen LogP contribution in [0.4, 0.5) is 30.8 Å². The number of rotatable bonds is 6. The van der Waals surface area contributed by atoms with Gasteiger partial charge in [0.2, 0.25) is 11.9 Å². The second-order valence-corrected chi connectivity index (χ2v) is 6.62. The molecule has 1 aliphatic rings. The highest BCUT2D eigenvalue weighted by atomic mass is 35.5. The van der Waals surface area contributed by atoms with Crippen LogP contribution >= 0.6 is 24.8 Å². The van der Waals surface area contributed by atoms with Gasteiger partial charge in [-0.25, -0.2) is 0 Å². The molecule has 1 aromatic carbocycles. The van der Waals surface area contributed by atoms with Gasteiger partial charge in [-0.3, -0.25) is 0 Å². The zero-order valence-electron chi connectivity index (χ0n) is 16.6. The molecule has 1 fully saturated rings. The van der Waals surface area contributed by atoms with Gasteiger partial charge >= 0.3 is 12.2 Å². The average molecular weight is 469 g/mol. The zero-order chi connectivity index (χ0) is 20.1. The van der Waals surface area contributed by atoms with Gasteiger partial charge in [0.25, 0.3) is 0 Å². The van der Waals surface area contributed by atoms with Crippen molar-refractivity contribution >= 4 is 42.4 Å². The summed E-state index contributed by atoms with van der Waals surface area (Å²) in [6.45, 7) is 4.10. The Balaban J connectivity index is 0.00000225. The normalized spacial score (nSPS) is 15.0. The van der Waals surface area contributed by atoms with Crippen molar-refractivity contribution in [3.05, 3.63) is 29.8 Å². The fourth-order valence-corrected chi connectivity index (χ4v) is 2.91. The molecule has 0 radical (unpaired) electrons. The summed E-state index contributed by atoms with van der Waals surface area (Å²) in [7, 11) is 2.07. The smallest absolute Gasteiger partial charge is 0.416 e. The topological polar surface area (TPSA) is 75.2 Å². The number of halogens is 5. The first-order valence-corrected chi connectivity index (χ1v) is 9.11. The van der Waals surface area contributed by atoms with Crippen molar-refractivity contribution in [3.8, 4) is 6.01 Å². The molecule has 0 bridgehead atoms. The van der Waals surface area contributed by atoms with Crippen LogP contribution in [0.2, 0.25) is 0 Å². The predicted molar refractivity (Wildman–Crippen MR) is 114 cm³/mol. The molecular formula is C18H25Cl2F3N6O. The van der Waals surface area contributed by atoms with Crippen molar-refractivity contribution in [3.63, 3.8) is 0 Å². The zero-order valence-corrected chi connectivity index (χ0v) is 18.2. The summed E-state index contributed by atoms with van der Waals surface area (Å²) in [6.07, 6.45) is -2.53. The Morgan fingerprint density at radius 3 is 2.40 bits per heavy atom. The average Bonchev–Trinajstić information content (AvgIpc) is 2.63. The molecule has 1 aliphatic heterocycles. The second-order valence-electron chi connectivity index (χ2n) is 6.62. The molecule has 2 aromatic rings. The molecule has 0 amide bonds. The standard InChI is InChI=1S/C18H23F3N6O.2ClH/c1-3-28-17-25-15(22-13-7-9-27(2)10-8-13)24-16(26-17)23-14-6-4-5-12(11-14)18(19,20)21;;/h4-6,11,13H,3,7-10H2,1-2H3,(H2,22,23,24,25,26);2*1H. The van der Waals surface area contributed by atoms with E-state index < -0.39 is 11.7 Å². The van der Waals surface area contributed by atoms with Crippen LogP contribution in [-0.4, -0.2) is 52.6 Å². The summed E-state index contributed by atoms with van der Waals surface area (Å²) in [6, 6.07) is 5.19. The lowest BCUT2D eigenvalue weighted by atomic mass is 10.1. The van der Waals surface area contributed by atoms with Crippen LogP contribution in [0.1, 0.15) is 25.3 Å². The summed E-state index contributed by atoms with van der Waals surface area (Å²) in [4.78, 5) is 14.9. The number of ether oxygens (including phenoxy) is 1. The lowest BCUT2D eigenvalue weighted by Crippen LogP contribution is -2.37. The van der Waals surface area contributed by atoms with Gasteiger partial charge < -0.3 is 20.3 Å². The molecule has 0 spiro atoms. The molecule has 2 N–H and O–H groups in total. The molecule has 0 saturated carbocycles. The van der Waals surface area contributed by atoms with Crippen LogP contribution in [0, 0.1) is 0 Å². The van der Waals surface area contributed by atoms with E-state index in [2.05, 4.69) is 37.5 Å². The number of hydrogen-bond acceptors (Lipinski definition) is 7. The van der Waals surface area contributed by atoms with Crippen LogP contribution in [0.5, 0.6) is 6.01 Å². The summed E-state index contributed by atoms with van der Waals surface area (Å²) in [5.41, 5.74) is -0.519. The quantitative estimate of drug-likeness (QED) is 0.651. The number of benzene rings is 1. The summed E-state index contributed by atoms with van der Waals surface area (Å²) in [5.74, 6) is 0.454. The molecule has 1 aromatic heterocycles. The second kappa shape index (κ2) is 11.4. The van der Waals surface area contributed by atoms with Gasteiger partial charge in [-0.05, 0) is 58.1 Å². The van der Waals surface area contributed by atoms with Crippen LogP contribution < -0.4 is 15.4 Å². The Morgan fingerprint density at radius 2 is 1.77 bits per heavy atom. The minimum absolute atomic E-state index is 0. The molecule has 0 unspecified atom stereocenters. The van der Waals surface area contributed by atoms with Crippen LogP contribution in [0.3, 0.4) is 0 Å². The van der Waals surface area contributed by atoms with Crippen molar-refractivity contribution in [1.82, 2.24) is 19.9 Å². The van der Waals surface area contributed by atoms with Gasteiger partial charge in [0, 0.05) is 11.7 Å². The minimum atomic E-state index is -4.42. The molecular weight excluding hydrogens is 444 g/mol. The molecule has 168 valence electrons. The van der Waals surface area contributed by atoms with E-state index in [1.807, 2.05) is 0 Å². The third-order valence-electron chi connectivity index (χ3n) is 4.39. The number of alkyl halides is 3. The highest BCUT2D eigenvalue weighted by Gasteiger charge is 2.30. The maximum Gasteiger partial charge on any atom is 0.416 e. The summed E-state index contributed by atoms with van der Waals surface area (Å²) >= 11 is 0. The SMILES string of the molecule is CCOc1nc(Nc2cccc(C(F)(F)F)c2)nc(NC2CCN(C)CC2)n1.Cl.Cl. The number of nitrogens with one attached hydrogen (secondary N) is 2. The third kappa shape index (κ3) is 7.33. The molecule has 1 saturated heterocycles. The van der Waals surface area contributed by atoms with E-state index in [0.29, 0.717) is 12.6 Å². The number of hydrogen-bond donors (Lipinski definition) is 2.